The first-order chi connectivity index (χ1) is 12.1. The van der Waals surface area contributed by atoms with Crippen LogP contribution in [0.15, 0.2) is 47.3 Å². The molecule has 25 heavy (non-hydrogen) atoms. The van der Waals surface area contributed by atoms with Crippen molar-refractivity contribution >= 4 is 34.4 Å². The van der Waals surface area contributed by atoms with Crippen molar-refractivity contribution in [1.82, 2.24) is 14.4 Å². The minimum absolute atomic E-state index is 0.246. The highest BCUT2D eigenvalue weighted by atomic mass is 16.2. The lowest BCUT2D eigenvalue weighted by Gasteiger charge is -2.16. The molecule has 1 aliphatic carbocycles. The van der Waals surface area contributed by atoms with Crippen LogP contribution in [0.4, 0.5) is 5.82 Å². The van der Waals surface area contributed by atoms with Gasteiger partial charge in [-0.05, 0) is 25.0 Å². The number of carbonyl (C=O) groups excluding carboxylic acids is 2. The Labute approximate surface area is 141 Å². The second kappa shape index (κ2) is 4.89. The third-order valence-electron chi connectivity index (χ3n) is 5.02. The highest BCUT2D eigenvalue weighted by Crippen LogP contribution is 2.37. The first kappa shape index (κ1) is 14.2. The van der Waals surface area contributed by atoms with Crippen LogP contribution in [0.1, 0.15) is 12.8 Å². The number of fused-ring (bicyclic) bond motifs is 4. The first-order valence-electron chi connectivity index (χ1n) is 8.18. The number of benzene rings is 1. The summed E-state index contributed by atoms with van der Waals surface area (Å²) >= 11 is 0. The van der Waals surface area contributed by atoms with Gasteiger partial charge in [0, 0.05) is 6.07 Å². The molecule has 1 aromatic carbocycles. The summed E-state index contributed by atoms with van der Waals surface area (Å²) in [4.78, 5) is 46.1. The van der Waals surface area contributed by atoms with Crippen molar-refractivity contribution in [3.8, 4) is 0 Å². The Hall–Kier alpha value is -3.22. The number of rotatable bonds is 1. The third-order valence-corrected chi connectivity index (χ3v) is 5.02. The topological polar surface area (TPSA) is 87.5 Å². The zero-order chi connectivity index (χ0) is 17.1. The molecule has 2 amide bonds. The molecule has 2 aromatic heterocycles. The first-order valence-corrected chi connectivity index (χ1v) is 8.18. The fourth-order valence-corrected chi connectivity index (χ4v) is 3.86. The molecular weight excluding hydrogens is 320 g/mol. The van der Waals surface area contributed by atoms with Gasteiger partial charge in [-0.25, -0.2) is 9.88 Å². The highest BCUT2D eigenvalue weighted by Gasteiger charge is 2.48. The van der Waals surface area contributed by atoms with Crippen LogP contribution in [-0.2, 0) is 9.59 Å². The van der Waals surface area contributed by atoms with E-state index in [9.17, 15) is 14.4 Å². The number of nitrogens with one attached hydrogen (secondary N) is 1. The van der Waals surface area contributed by atoms with Gasteiger partial charge in [-0.2, -0.15) is 0 Å². The van der Waals surface area contributed by atoms with E-state index in [1.165, 1.54) is 11.0 Å². The number of allylic oxidation sites excluding steroid dienone is 2. The Bertz CT molecular complexity index is 1110. The molecule has 7 heteroatoms. The summed E-state index contributed by atoms with van der Waals surface area (Å²) in [7, 11) is 0. The van der Waals surface area contributed by atoms with Crippen LogP contribution in [-0.4, -0.2) is 26.2 Å². The van der Waals surface area contributed by atoms with Crippen molar-refractivity contribution in [3.63, 3.8) is 0 Å². The minimum Gasteiger partial charge on any atom is -0.292 e. The molecule has 7 nitrogen and oxygen atoms in total. The summed E-state index contributed by atoms with van der Waals surface area (Å²) in [6.07, 6.45) is 5.00. The fraction of sp³-hybridized carbons (Fsp3) is 0.222. The zero-order valence-corrected chi connectivity index (χ0v) is 13.2. The zero-order valence-electron chi connectivity index (χ0n) is 13.2. The molecule has 124 valence electrons. The fourth-order valence-electron chi connectivity index (χ4n) is 3.86. The van der Waals surface area contributed by atoms with Crippen molar-refractivity contribution in [2.45, 2.75) is 12.8 Å². The van der Waals surface area contributed by atoms with Crippen LogP contribution in [0.3, 0.4) is 0 Å². The van der Waals surface area contributed by atoms with Crippen LogP contribution in [0.5, 0.6) is 0 Å². The lowest BCUT2D eigenvalue weighted by molar-refractivity contribution is -0.122. The molecule has 2 atom stereocenters. The van der Waals surface area contributed by atoms with E-state index < -0.39 is 5.56 Å². The number of aromatic nitrogens is 3. The van der Waals surface area contributed by atoms with E-state index in [0.29, 0.717) is 24.1 Å². The number of hydrogen-bond donors (Lipinski definition) is 1. The summed E-state index contributed by atoms with van der Waals surface area (Å²) in [6, 6.07) is 8.65. The molecule has 0 unspecified atom stereocenters. The average molecular weight is 334 g/mol. The number of amides is 2. The molecule has 1 fully saturated rings. The van der Waals surface area contributed by atoms with E-state index >= 15 is 0 Å². The standard InChI is InChI=1S/C18H14N4O3/c23-14-9-15(21-13-8-4-3-7-12(13)19-18(21)20-14)22-16(24)10-5-1-2-6-11(10)17(22)25/h1-4,7-11H,5-6H2,(H,19,20,23)/t10-,11+. The second-order valence-electron chi connectivity index (χ2n) is 6.42. The number of carbonyl (C=O) groups is 2. The second-order valence-corrected chi connectivity index (χ2v) is 6.42. The number of imidazole rings is 1. The Morgan fingerprint density at radius 1 is 1.00 bits per heavy atom. The molecule has 0 saturated carbocycles. The van der Waals surface area contributed by atoms with E-state index in [1.54, 1.807) is 4.40 Å². The molecule has 1 N–H and O–H groups in total. The lowest BCUT2D eigenvalue weighted by atomic mass is 9.85. The van der Waals surface area contributed by atoms with Gasteiger partial charge in [-0.3, -0.25) is 23.8 Å². The summed E-state index contributed by atoms with van der Waals surface area (Å²) < 4.78 is 1.66. The van der Waals surface area contributed by atoms with Gasteiger partial charge in [0.1, 0.15) is 5.82 Å². The molecule has 2 aliphatic rings. The molecule has 1 saturated heterocycles. The third kappa shape index (κ3) is 1.86. The molecule has 0 spiro atoms. The van der Waals surface area contributed by atoms with Gasteiger partial charge >= 0.3 is 0 Å². The quantitative estimate of drug-likeness (QED) is 0.541. The van der Waals surface area contributed by atoms with Crippen molar-refractivity contribution in [2.24, 2.45) is 11.8 Å². The number of hydrogen-bond acceptors (Lipinski definition) is 4. The number of nitrogens with zero attached hydrogens (tertiary/aromatic N) is 3. The van der Waals surface area contributed by atoms with Gasteiger partial charge in [0.15, 0.2) is 0 Å². The van der Waals surface area contributed by atoms with Crippen LogP contribution in [0.25, 0.3) is 16.8 Å². The largest absolute Gasteiger partial charge is 0.292 e. The van der Waals surface area contributed by atoms with Crippen molar-refractivity contribution in [2.75, 3.05) is 4.90 Å². The van der Waals surface area contributed by atoms with Gasteiger partial charge in [0.25, 0.3) is 5.56 Å². The molecular formula is C18H14N4O3. The number of para-hydroxylation sites is 2. The number of H-pyrrole nitrogens is 1. The Kier molecular flexibility index (Phi) is 2.77. The Morgan fingerprint density at radius 3 is 2.40 bits per heavy atom. The van der Waals surface area contributed by atoms with Gasteiger partial charge in [-0.15, -0.1) is 0 Å². The normalized spacial score (nSPS) is 23.0. The molecule has 3 heterocycles. The summed E-state index contributed by atoms with van der Waals surface area (Å²) in [6.45, 7) is 0. The summed E-state index contributed by atoms with van der Waals surface area (Å²) in [5, 5.41) is 0. The number of imide groups is 1. The maximum absolute atomic E-state index is 12.9. The van der Waals surface area contributed by atoms with E-state index in [0.717, 1.165) is 5.52 Å². The lowest BCUT2D eigenvalue weighted by Crippen LogP contribution is -2.33. The van der Waals surface area contributed by atoms with Crippen LogP contribution >= 0.6 is 0 Å². The van der Waals surface area contributed by atoms with Crippen LogP contribution in [0, 0.1) is 11.8 Å². The molecule has 1 aliphatic heterocycles. The van der Waals surface area contributed by atoms with E-state index in [4.69, 9.17) is 0 Å². The Balaban J connectivity index is 1.79. The molecule has 0 bridgehead atoms. The van der Waals surface area contributed by atoms with E-state index in [2.05, 4.69) is 9.97 Å². The SMILES string of the molecule is O=C1[C@H]2CC=CC[C@H]2C(=O)N1c1cc(=O)[nH]c2nc3ccccc3n12. The predicted octanol–water partition coefficient (Wildman–Crippen LogP) is 1.63. The minimum atomic E-state index is -0.397. The summed E-state index contributed by atoms with van der Waals surface area (Å²) in [5.74, 6) is -0.606. The highest BCUT2D eigenvalue weighted by molar-refractivity contribution is 6.22. The van der Waals surface area contributed by atoms with E-state index in [1.807, 2.05) is 36.4 Å². The maximum atomic E-state index is 12.9. The number of aromatic amines is 1. The molecule has 3 aromatic rings. The monoisotopic (exact) mass is 334 g/mol. The molecule has 5 rings (SSSR count). The average Bonchev–Trinajstić information content (AvgIpc) is 3.10. The van der Waals surface area contributed by atoms with Crippen molar-refractivity contribution in [3.05, 3.63) is 52.8 Å². The molecule has 0 radical (unpaired) electrons. The number of anilines is 1. The smallest absolute Gasteiger partial charge is 0.254 e. The van der Waals surface area contributed by atoms with Crippen molar-refractivity contribution in [1.29, 1.82) is 0 Å². The van der Waals surface area contributed by atoms with Gasteiger partial charge in [0.05, 0.1) is 22.9 Å². The van der Waals surface area contributed by atoms with Gasteiger partial charge in [-0.1, -0.05) is 24.3 Å². The van der Waals surface area contributed by atoms with Crippen LogP contribution < -0.4 is 10.5 Å². The van der Waals surface area contributed by atoms with Crippen molar-refractivity contribution < 1.29 is 9.59 Å². The van der Waals surface area contributed by atoms with Gasteiger partial charge in [0.2, 0.25) is 17.6 Å². The predicted molar refractivity (Wildman–Crippen MR) is 91.2 cm³/mol. The maximum Gasteiger partial charge on any atom is 0.254 e. The van der Waals surface area contributed by atoms with E-state index in [-0.39, 0.29) is 29.5 Å². The Morgan fingerprint density at radius 2 is 1.68 bits per heavy atom. The summed E-state index contributed by atoms with van der Waals surface area (Å²) in [5.41, 5.74) is 1.02. The van der Waals surface area contributed by atoms with Crippen LogP contribution in [0.2, 0.25) is 0 Å². The van der Waals surface area contributed by atoms with Gasteiger partial charge < -0.3 is 0 Å².